The predicted octanol–water partition coefficient (Wildman–Crippen LogP) is 1.73. The third kappa shape index (κ3) is 3.01. The van der Waals surface area contributed by atoms with Crippen molar-refractivity contribution in [3.63, 3.8) is 0 Å². The van der Waals surface area contributed by atoms with Crippen molar-refractivity contribution >= 4 is 11.7 Å². The summed E-state index contributed by atoms with van der Waals surface area (Å²) in [6.45, 7) is 4.55. The quantitative estimate of drug-likeness (QED) is 0.843. The molecule has 2 atom stereocenters. The Balaban J connectivity index is 2.06. The van der Waals surface area contributed by atoms with E-state index in [1.807, 2.05) is 0 Å². The van der Waals surface area contributed by atoms with Crippen molar-refractivity contribution in [2.24, 2.45) is 5.92 Å². The van der Waals surface area contributed by atoms with E-state index in [0.29, 0.717) is 24.2 Å². The summed E-state index contributed by atoms with van der Waals surface area (Å²) in [4.78, 5) is 25.2. The molecular weight excluding hydrogens is 242 g/mol. The maximum Gasteiger partial charge on any atom is 0.253 e. The zero-order chi connectivity index (χ0) is 14.0. The molecule has 0 aromatic heterocycles. The molecule has 1 aromatic carbocycles. The second-order valence-electron chi connectivity index (χ2n) is 5.17. The number of hydrogen-bond acceptors (Lipinski definition) is 3. The number of carbonyl (C=O) groups is 2. The Labute approximate surface area is 113 Å². The summed E-state index contributed by atoms with van der Waals surface area (Å²) in [7, 11) is 0. The Hall–Kier alpha value is -1.68. The third-order valence-electron chi connectivity index (χ3n) is 3.73. The maximum absolute atomic E-state index is 12.3. The first-order valence-electron chi connectivity index (χ1n) is 6.57. The molecule has 0 bridgehead atoms. The van der Waals surface area contributed by atoms with Gasteiger partial charge >= 0.3 is 0 Å². The highest BCUT2D eigenvalue weighted by Crippen LogP contribution is 2.21. The minimum absolute atomic E-state index is 0.00524. The summed E-state index contributed by atoms with van der Waals surface area (Å²) in [6, 6.07) is 6.74. The fourth-order valence-electron chi connectivity index (χ4n) is 2.40. The SMILES string of the molecule is CC(=O)c1ccc(C(=O)N2CCC(C(C)O)C2)cc1. The van der Waals surface area contributed by atoms with Gasteiger partial charge in [-0.1, -0.05) is 12.1 Å². The van der Waals surface area contributed by atoms with Gasteiger partial charge < -0.3 is 10.0 Å². The maximum atomic E-state index is 12.3. The molecule has 102 valence electrons. The average Bonchev–Trinajstić information content (AvgIpc) is 2.87. The first kappa shape index (κ1) is 13.7. The molecule has 1 aliphatic heterocycles. The molecule has 0 spiro atoms. The zero-order valence-corrected chi connectivity index (χ0v) is 11.3. The number of carbonyl (C=O) groups excluding carboxylic acids is 2. The molecule has 2 unspecified atom stereocenters. The molecule has 1 N–H and O–H groups in total. The Morgan fingerprint density at radius 1 is 1.26 bits per heavy atom. The molecule has 1 heterocycles. The first-order chi connectivity index (χ1) is 8.99. The smallest absolute Gasteiger partial charge is 0.253 e. The van der Waals surface area contributed by atoms with Gasteiger partial charge in [-0.2, -0.15) is 0 Å². The van der Waals surface area contributed by atoms with Crippen LogP contribution in [-0.2, 0) is 0 Å². The van der Waals surface area contributed by atoms with Gasteiger partial charge in [0, 0.05) is 30.1 Å². The average molecular weight is 261 g/mol. The van der Waals surface area contributed by atoms with Crippen molar-refractivity contribution in [1.82, 2.24) is 4.90 Å². The van der Waals surface area contributed by atoms with Crippen LogP contribution in [0.3, 0.4) is 0 Å². The molecule has 1 fully saturated rings. The molecule has 0 aliphatic carbocycles. The van der Waals surface area contributed by atoms with Crippen molar-refractivity contribution in [2.75, 3.05) is 13.1 Å². The highest BCUT2D eigenvalue weighted by molar-refractivity contribution is 5.97. The monoisotopic (exact) mass is 261 g/mol. The number of Topliss-reactive ketones (excluding diaryl/α,β-unsaturated/α-hetero) is 1. The van der Waals surface area contributed by atoms with Gasteiger partial charge in [0.15, 0.2) is 5.78 Å². The second kappa shape index (κ2) is 5.53. The highest BCUT2D eigenvalue weighted by atomic mass is 16.3. The normalized spacial score (nSPS) is 20.4. The van der Waals surface area contributed by atoms with Crippen LogP contribution in [0.1, 0.15) is 41.0 Å². The van der Waals surface area contributed by atoms with E-state index < -0.39 is 0 Å². The lowest BCUT2D eigenvalue weighted by atomic mass is 10.0. The van der Waals surface area contributed by atoms with Crippen LogP contribution in [0.2, 0.25) is 0 Å². The number of benzene rings is 1. The number of nitrogens with zero attached hydrogens (tertiary/aromatic N) is 1. The Bertz CT molecular complexity index is 479. The van der Waals surface area contributed by atoms with Gasteiger partial charge in [-0.15, -0.1) is 0 Å². The largest absolute Gasteiger partial charge is 0.393 e. The van der Waals surface area contributed by atoms with Gasteiger partial charge in [-0.3, -0.25) is 9.59 Å². The summed E-state index contributed by atoms with van der Waals surface area (Å²) in [5, 5.41) is 9.54. The predicted molar refractivity (Wildman–Crippen MR) is 72.1 cm³/mol. The Kier molecular flexibility index (Phi) is 4.00. The van der Waals surface area contributed by atoms with E-state index in [1.165, 1.54) is 6.92 Å². The summed E-state index contributed by atoms with van der Waals surface area (Å²) in [6.07, 6.45) is 0.465. The van der Waals surface area contributed by atoms with Crippen LogP contribution in [0, 0.1) is 5.92 Å². The van der Waals surface area contributed by atoms with Gasteiger partial charge in [0.2, 0.25) is 0 Å². The molecule has 1 aromatic rings. The lowest BCUT2D eigenvalue weighted by molar-refractivity contribution is 0.0762. The molecule has 1 aliphatic rings. The Morgan fingerprint density at radius 2 is 1.84 bits per heavy atom. The molecule has 4 heteroatoms. The fourth-order valence-corrected chi connectivity index (χ4v) is 2.40. The van der Waals surface area contributed by atoms with Gasteiger partial charge in [-0.05, 0) is 32.4 Å². The van der Waals surface area contributed by atoms with E-state index in [9.17, 15) is 14.7 Å². The Morgan fingerprint density at radius 3 is 2.32 bits per heavy atom. The van der Waals surface area contributed by atoms with Crippen molar-refractivity contribution in [3.05, 3.63) is 35.4 Å². The molecule has 1 amide bonds. The van der Waals surface area contributed by atoms with E-state index in [4.69, 9.17) is 0 Å². The minimum atomic E-state index is -0.377. The number of amides is 1. The van der Waals surface area contributed by atoms with E-state index in [1.54, 1.807) is 36.1 Å². The lowest BCUT2D eigenvalue weighted by Gasteiger charge is -2.17. The number of ketones is 1. The van der Waals surface area contributed by atoms with Gasteiger partial charge in [0.1, 0.15) is 0 Å². The number of aliphatic hydroxyl groups excluding tert-OH is 1. The molecule has 0 radical (unpaired) electrons. The van der Waals surface area contributed by atoms with Crippen molar-refractivity contribution in [2.45, 2.75) is 26.4 Å². The van der Waals surface area contributed by atoms with E-state index >= 15 is 0 Å². The summed E-state index contributed by atoms with van der Waals surface area (Å²) in [5.74, 6) is 0.132. The van der Waals surface area contributed by atoms with Crippen molar-refractivity contribution < 1.29 is 14.7 Å². The second-order valence-corrected chi connectivity index (χ2v) is 5.17. The third-order valence-corrected chi connectivity index (χ3v) is 3.73. The van der Waals surface area contributed by atoms with Crippen LogP contribution in [0.25, 0.3) is 0 Å². The molecular formula is C15H19NO3. The van der Waals surface area contributed by atoms with Gasteiger partial charge in [-0.25, -0.2) is 0 Å². The van der Waals surface area contributed by atoms with Crippen LogP contribution in [0.15, 0.2) is 24.3 Å². The summed E-state index contributed by atoms with van der Waals surface area (Å²) in [5.41, 5.74) is 1.20. The molecule has 1 saturated heterocycles. The lowest BCUT2D eigenvalue weighted by Crippen LogP contribution is -2.30. The van der Waals surface area contributed by atoms with Crippen molar-refractivity contribution in [1.29, 1.82) is 0 Å². The topological polar surface area (TPSA) is 57.6 Å². The van der Waals surface area contributed by atoms with Crippen LogP contribution in [0.4, 0.5) is 0 Å². The number of aliphatic hydroxyl groups is 1. The van der Waals surface area contributed by atoms with Crippen LogP contribution in [0.5, 0.6) is 0 Å². The molecule has 4 nitrogen and oxygen atoms in total. The van der Waals surface area contributed by atoms with E-state index in [0.717, 1.165) is 6.42 Å². The van der Waals surface area contributed by atoms with E-state index in [-0.39, 0.29) is 23.7 Å². The molecule has 0 saturated carbocycles. The van der Waals surface area contributed by atoms with Gasteiger partial charge in [0.25, 0.3) is 5.91 Å². The molecule has 2 rings (SSSR count). The molecule has 19 heavy (non-hydrogen) atoms. The zero-order valence-electron chi connectivity index (χ0n) is 11.3. The highest BCUT2D eigenvalue weighted by Gasteiger charge is 2.29. The fraction of sp³-hybridized carbons (Fsp3) is 0.467. The van der Waals surface area contributed by atoms with E-state index in [2.05, 4.69) is 0 Å². The number of likely N-dealkylation sites (tertiary alicyclic amines) is 1. The van der Waals surface area contributed by atoms with Crippen molar-refractivity contribution in [3.8, 4) is 0 Å². The van der Waals surface area contributed by atoms with Crippen LogP contribution < -0.4 is 0 Å². The van der Waals surface area contributed by atoms with Gasteiger partial charge in [0.05, 0.1) is 6.10 Å². The summed E-state index contributed by atoms with van der Waals surface area (Å²) < 4.78 is 0. The van der Waals surface area contributed by atoms with Crippen LogP contribution >= 0.6 is 0 Å². The van der Waals surface area contributed by atoms with Crippen LogP contribution in [-0.4, -0.2) is 40.9 Å². The standard InChI is InChI=1S/C15H19NO3/c1-10(17)12-3-5-13(6-4-12)15(19)16-8-7-14(9-16)11(2)18/h3-6,11,14,18H,7-9H2,1-2H3. The first-order valence-corrected chi connectivity index (χ1v) is 6.57. The number of rotatable bonds is 3. The number of hydrogen-bond donors (Lipinski definition) is 1. The minimum Gasteiger partial charge on any atom is -0.393 e. The summed E-state index contributed by atoms with van der Waals surface area (Å²) >= 11 is 0.